The Labute approximate surface area is 117 Å². The molecule has 2 rings (SSSR count). The van der Waals surface area contributed by atoms with Crippen molar-refractivity contribution in [1.29, 1.82) is 0 Å². The van der Waals surface area contributed by atoms with Gasteiger partial charge in [0.1, 0.15) is 5.82 Å². The number of aryl methyl sites for hydroxylation is 1. The van der Waals surface area contributed by atoms with E-state index >= 15 is 0 Å². The highest BCUT2D eigenvalue weighted by Gasteiger charge is 1.98. The fourth-order valence-electron chi connectivity index (χ4n) is 1.59. The van der Waals surface area contributed by atoms with Crippen LogP contribution in [-0.4, -0.2) is 6.03 Å². The molecule has 0 aliphatic heterocycles. The van der Waals surface area contributed by atoms with E-state index in [0.29, 0.717) is 0 Å². The zero-order valence-electron chi connectivity index (χ0n) is 11.1. The van der Waals surface area contributed by atoms with Crippen LogP contribution in [0, 0.1) is 12.7 Å². The molecule has 2 aromatic rings. The highest BCUT2D eigenvalue weighted by atomic mass is 19.1. The van der Waals surface area contributed by atoms with Gasteiger partial charge in [0, 0.05) is 11.9 Å². The maximum atomic E-state index is 12.7. The molecule has 0 bridgehead atoms. The van der Waals surface area contributed by atoms with Crippen molar-refractivity contribution in [2.24, 2.45) is 0 Å². The van der Waals surface area contributed by atoms with E-state index in [1.54, 1.807) is 18.2 Å². The summed E-state index contributed by atoms with van der Waals surface area (Å²) in [5.41, 5.74) is 2.66. The maximum Gasteiger partial charge on any atom is 0.323 e. The molecule has 0 saturated carbocycles. The largest absolute Gasteiger partial charge is 0.323 e. The van der Waals surface area contributed by atoms with Gasteiger partial charge in [0.05, 0.1) is 0 Å². The Balaban J connectivity index is 1.85. The van der Waals surface area contributed by atoms with Crippen LogP contribution in [0.1, 0.15) is 11.1 Å². The Morgan fingerprint density at radius 2 is 1.70 bits per heavy atom. The Kier molecular flexibility index (Phi) is 4.50. The molecule has 2 aromatic carbocycles. The van der Waals surface area contributed by atoms with Gasteiger partial charge in [-0.1, -0.05) is 29.8 Å². The molecule has 102 valence electrons. The quantitative estimate of drug-likeness (QED) is 0.871. The number of anilines is 1. The van der Waals surface area contributed by atoms with E-state index < -0.39 is 0 Å². The first-order valence-corrected chi connectivity index (χ1v) is 6.20. The molecule has 0 aromatic heterocycles. The molecule has 0 heterocycles. The molecule has 0 atom stereocenters. The molecule has 0 aliphatic carbocycles. The van der Waals surface area contributed by atoms with Gasteiger partial charge in [-0.05, 0) is 42.8 Å². The normalized spacial score (nSPS) is 10.5. The number of rotatable bonds is 3. The van der Waals surface area contributed by atoms with Crippen molar-refractivity contribution in [1.82, 2.24) is 5.32 Å². The van der Waals surface area contributed by atoms with Gasteiger partial charge >= 0.3 is 6.03 Å². The van der Waals surface area contributed by atoms with Crippen LogP contribution in [0.5, 0.6) is 0 Å². The minimum Gasteiger partial charge on any atom is -0.314 e. The summed E-state index contributed by atoms with van der Waals surface area (Å²) in [6, 6.07) is 13.2. The zero-order valence-corrected chi connectivity index (χ0v) is 11.1. The number of carbonyl (C=O) groups is 1. The SMILES string of the molecule is Cc1ccc(NC(=O)N/C=C/c2ccc(F)cc2)cc1. The van der Waals surface area contributed by atoms with Gasteiger partial charge in [-0.15, -0.1) is 0 Å². The molecule has 0 saturated heterocycles. The van der Waals surface area contributed by atoms with Crippen LogP contribution in [0.3, 0.4) is 0 Å². The van der Waals surface area contributed by atoms with Crippen molar-refractivity contribution in [3.8, 4) is 0 Å². The van der Waals surface area contributed by atoms with E-state index in [0.717, 1.165) is 16.8 Å². The van der Waals surface area contributed by atoms with Gasteiger partial charge in [-0.3, -0.25) is 0 Å². The number of hydrogen-bond donors (Lipinski definition) is 2. The molecule has 0 aliphatic rings. The van der Waals surface area contributed by atoms with Crippen LogP contribution in [0.2, 0.25) is 0 Å². The first-order chi connectivity index (χ1) is 9.63. The second-order valence-electron chi connectivity index (χ2n) is 4.35. The number of nitrogens with one attached hydrogen (secondary N) is 2. The third kappa shape index (κ3) is 4.24. The Morgan fingerprint density at radius 1 is 1.05 bits per heavy atom. The third-order valence-electron chi connectivity index (χ3n) is 2.67. The van der Waals surface area contributed by atoms with Crippen LogP contribution in [0.25, 0.3) is 6.08 Å². The van der Waals surface area contributed by atoms with Crippen LogP contribution < -0.4 is 10.6 Å². The van der Waals surface area contributed by atoms with E-state index in [4.69, 9.17) is 0 Å². The summed E-state index contributed by atoms with van der Waals surface area (Å²) < 4.78 is 12.7. The standard InChI is InChI=1S/C16H15FN2O/c1-12-2-8-15(9-3-12)19-16(20)18-11-10-13-4-6-14(17)7-5-13/h2-11H,1H3,(H2,18,19,20)/b11-10+. The fourth-order valence-corrected chi connectivity index (χ4v) is 1.59. The minimum atomic E-state index is -0.327. The lowest BCUT2D eigenvalue weighted by atomic mass is 10.2. The van der Waals surface area contributed by atoms with Crippen LogP contribution >= 0.6 is 0 Å². The van der Waals surface area contributed by atoms with Gasteiger partial charge < -0.3 is 10.6 Å². The van der Waals surface area contributed by atoms with E-state index in [1.165, 1.54) is 18.3 Å². The van der Waals surface area contributed by atoms with Gasteiger partial charge in [0.15, 0.2) is 0 Å². The number of hydrogen-bond acceptors (Lipinski definition) is 1. The van der Waals surface area contributed by atoms with E-state index in [2.05, 4.69) is 10.6 Å². The summed E-state index contributed by atoms with van der Waals surface area (Å²) in [4.78, 5) is 11.6. The van der Waals surface area contributed by atoms with Crippen LogP contribution in [0.4, 0.5) is 14.9 Å². The minimum absolute atomic E-state index is 0.285. The lowest BCUT2D eigenvalue weighted by molar-refractivity contribution is 0.255. The molecule has 0 radical (unpaired) electrons. The first-order valence-electron chi connectivity index (χ1n) is 6.20. The lowest BCUT2D eigenvalue weighted by Crippen LogP contribution is -2.23. The molecule has 2 N–H and O–H groups in total. The predicted octanol–water partition coefficient (Wildman–Crippen LogP) is 3.93. The van der Waals surface area contributed by atoms with E-state index in [-0.39, 0.29) is 11.8 Å². The number of benzene rings is 2. The van der Waals surface area contributed by atoms with Crippen molar-refractivity contribution < 1.29 is 9.18 Å². The first kappa shape index (κ1) is 13.8. The van der Waals surface area contributed by atoms with Gasteiger partial charge in [0.2, 0.25) is 0 Å². The number of carbonyl (C=O) groups excluding carboxylic acids is 1. The molecule has 20 heavy (non-hydrogen) atoms. The van der Waals surface area contributed by atoms with Crippen molar-refractivity contribution in [2.45, 2.75) is 6.92 Å². The van der Waals surface area contributed by atoms with E-state index in [9.17, 15) is 9.18 Å². The smallest absolute Gasteiger partial charge is 0.314 e. The van der Waals surface area contributed by atoms with Gasteiger partial charge in [-0.2, -0.15) is 0 Å². The summed E-state index contributed by atoms with van der Waals surface area (Å²) in [6.07, 6.45) is 3.20. The second-order valence-corrected chi connectivity index (χ2v) is 4.35. The summed E-state index contributed by atoms with van der Waals surface area (Å²) in [5, 5.41) is 5.29. The van der Waals surface area contributed by atoms with E-state index in [1.807, 2.05) is 31.2 Å². The predicted molar refractivity (Wildman–Crippen MR) is 78.8 cm³/mol. The third-order valence-corrected chi connectivity index (χ3v) is 2.67. The van der Waals surface area contributed by atoms with Crippen LogP contribution in [0.15, 0.2) is 54.7 Å². The summed E-state index contributed by atoms with van der Waals surface area (Å²) in [5.74, 6) is -0.285. The maximum absolute atomic E-state index is 12.7. The van der Waals surface area contributed by atoms with Crippen LogP contribution in [-0.2, 0) is 0 Å². The monoisotopic (exact) mass is 270 g/mol. The molecule has 4 heteroatoms. The summed E-state index contributed by atoms with van der Waals surface area (Å²) in [6.45, 7) is 1.98. The van der Waals surface area contributed by atoms with Gasteiger partial charge in [-0.25, -0.2) is 9.18 Å². The molecule has 0 unspecified atom stereocenters. The Morgan fingerprint density at radius 3 is 2.35 bits per heavy atom. The van der Waals surface area contributed by atoms with Gasteiger partial charge in [0.25, 0.3) is 0 Å². The van der Waals surface area contributed by atoms with Crippen molar-refractivity contribution in [3.63, 3.8) is 0 Å². The summed E-state index contributed by atoms with van der Waals surface area (Å²) in [7, 11) is 0. The highest BCUT2D eigenvalue weighted by molar-refractivity contribution is 5.90. The van der Waals surface area contributed by atoms with Crippen molar-refractivity contribution in [2.75, 3.05) is 5.32 Å². The fraction of sp³-hybridized carbons (Fsp3) is 0.0625. The number of halogens is 1. The molecule has 3 nitrogen and oxygen atoms in total. The number of urea groups is 1. The molecular formula is C16H15FN2O. The zero-order chi connectivity index (χ0) is 14.4. The Hall–Kier alpha value is -2.62. The second kappa shape index (κ2) is 6.52. The topological polar surface area (TPSA) is 41.1 Å². The average Bonchev–Trinajstić information content (AvgIpc) is 2.44. The molecule has 0 spiro atoms. The summed E-state index contributed by atoms with van der Waals surface area (Å²) >= 11 is 0. The average molecular weight is 270 g/mol. The molecular weight excluding hydrogens is 255 g/mol. The van der Waals surface area contributed by atoms with Crippen molar-refractivity contribution in [3.05, 3.63) is 71.7 Å². The highest BCUT2D eigenvalue weighted by Crippen LogP contribution is 2.08. The Bertz CT molecular complexity index is 603. The molecule has 2 amide bonds. The molecule has 0 fully saturated rings. The number of amides is 2. The lowest BCUT2D eigenvalue weighted by Gasteiger charge is -2.04. The van der Waals surface area contributed by atoms with Crippen molar-refractivity contribution >= 4 is 17.8 Å².